The second-order valence-corrected chi connectivity index (χ2v) is 4.46. The van der Waals surface area contributed by atoms with Gasteiger partial charge in [-0.25, -0.2) is 0 Å². The number of ketones is 1. The van der Waals surface area contributed by atoms with Crippen molar-refractivity contribution in [3.8, 4) is 0 Å². The molecule has 0 bridgehead atoms. The lowest BCUT2D eigenvalue weighted by molar-refractivity contribution is 0.0839. The zero-order chi connectivity index (χ0) is 10.1. The molecule has 1 unspecified atom stereocenters. The van der Waals surface area contributed by atoms with Gasteiger partial charge in [-0.2, -0.15) is 0 Å². The third-order valence-electron chi connectivity index (χ3n) is 2.50. The first-order valence-corrected chi connectivity index (χ1v) is 4.49. The minimum Gasteiger partial charge on any atom is -0.472 e. The van der Waals surface area contributed by atoms with Gasteiger partial charge >= 0.3 is 0 Å². The fourth-order valence-electron chi connectivity index (χ4n) is 1.05. The zero-order valence-electron chi connectivity index (χ0n) is 8.63. The largest absolute Gasteiger partial charge is 0.472 e. The maximum absolute atomic E-state index is 11.8. The fraction of sp³-hybridized carbons (Fsp3) is 0.545. The molecule has 13 heavy (non-hydrogen) atoms. The van der Waals surface area contributed by atoms with E-state index in [0.717, 1.165) is 0 Å². The van der Waals surface area contributed by atoms with Crippen molar-refractivity contribution in [2.75, 3.05) is 0 Å². The normalized spacial score (nSPS) is 14.2. The molecule has 0 fully saturated rings. The molecular weight excluding hydrogens is 164 g/mol. The lowest BCUT2D eigenvalue weighted by Crippen LogP contribution is -2.25. The first kappa shape index (κ1) is 10.0. The Morgan fingerprint density at radius 1 is 1.46 bits per heavy atom. The molecule has 2 heteroatoms. The van der Waals surface area contributed by atoms with Crippen LogP contribution in [0.2, 0.25) is 0 Å². The van der Waals surface area contributed by atoms with E-state index >= 15 is 0 Å². The number of carbonyl (C=O) groups is 1. The molecule has 0 saturated heterocycles. The van der Waals surface area contributed by atoms with Crippen LogP contribution in [-0.4, -0.2) is 5.78 Å². The number of Topliss-reactive ketones (excluding diaryl/α,β-unsaturated/α-hetero) is 1. The van der Waals surface area contributed by atoms with Crippen LogP contribution in [0.5, 0.6) is 0 Å². The molecule has 0 saturated carbocycles. The van der Waals surface area contributed by atoms with E-state index in [1.807, 2.05) is 6.92 Å². The van der Waals surface area contributed by atoms with Gasteiger partial charge in [0.05, 0.1) is 11.8 Å². The van der Waals surface area contributed by atoms with Gasteiger partial charge in [0.25, 0.3) is 0 Å². The standard InChI is InChI=1S/C11H16O2/c1-8(11(2,3)4)10(12)9-5-6-13-7-9/h5-8H,1-4H3. The lowest BCUT2D eigenvalue weighted by atomic mass is 9.78. The summed E-state index contributed by atoms with van der Waals surface area (Å²) in [5, 5.41) is 0. The van der Waals surface area contributed by atoms with Gasteiger partial charge in [0.2, 0.25) is 0 Å². The molecule has 1 atom stereocenters. The molecule has 0 amide bonds. The molecule has 1 heterocycles. The summed E-state index contributed by atoms with van der Waals surface area (Å²) < 4.78 is 4.88. The highest BCUT2D eigenvalue weighted by Crippen LogP contribution is 2.28. The lowest BCUT2D eigenvalue weighted by Gasteiger charge is -2.25. The highest BCUT2D eigenvalue weighted by Gasteiger charge is 2.27. The van der Waals surface area contributed by atoms with Crippen LogP contribution in [0, 0.1) is 11.3 Å². The maximum Gasteiger partial charge on any atom is 0.169 e. The van der Waals surface area contributed by atoms with Crippen molar-refractivity contribution in [1.29, 1.82) is 0 Å². The summed E-state index contributed by atoms with van der Waals surface area (Å²) in [6, 6.07) is 1.71. The Balaban J connectivity index is 2.81. The van der Waals surface area contributed by atoms with Crippen LogP contribution in [0.3, 0.4) is 0 Å². The molecule has 0 N–H and O–H groups in total. The van der Waals surface area contributed by atoms with E-state index < -0.39 is 0 Å². The molecule has 0 aromatic carbocycles. The summed E-state index contributed by atoms with van der Waals surface area (Å²) in [4.78, 5) is 11.8. The summed E-state index contributed by atoms with van der Waals surface area (Å²) in [5.41, 5.74) is 0.677. The third kappa shape index (κ3) is 2.20. The highest BCUT2D eigenvalue weighted by atomic mass is 16.3. The van der Waals surface area contributed by atoms with Crippen molar-refractivity contribution in [2.45, 2.75) is 27.7 Å². The van der Waals surface area contributed by atoms with Crippen LogP contribution >= 0.6 is 0 Å². The Morgan fingerprint density at radius 3 is 2.46 bits per heavy atom. The van der Waals surface area contributed by atoms with E-state index in [1.54, 1.807) is 6.07 Å². The summed E-state index contributed by atoms with van der Waals surface area (Å²) in [5.74, 6) is 0.173. The Morgan fingerprint density at radius 2 is 2.08 bits per heavy atom. The van der Waals surface area contributed by atoms with Gasteiger partial charge in [0, 0.05) is 5.92 Å². The molecule has 0 aliphatic carbocycles. The first-order chi connectivity index (χ1) is 5.93. The Hall–Kier alpha value is -1.05. The smallest absolute Gasteiger partial charge is 0.169 e. The summed E-state index contributed by atoms with van der Waals surface area (Å²) >= 11 is 0. The predicted octanol–water partition coefficient (Wildman–Crippen LogP) is 3.14. The number of rotatable bonds is 2. The van der Waals surface area contributed by atoms with Crippen molar-refractivity contribution < 1.29 is 9.21 Å². The maximum atomic E-state index is 11.8. The van der Waals surface area contributed by atoms with Crippen molar-refractivity contribution in [3.05, 3.63) is 24.2 Å². The number of hydrogen-bond donors (Lipinski definition) is 0. The molecule has 1 rings (SSSR count). The van der Waals surface area contributed by atoms with E-state index in [1.165, 1.54) is 12.5 Å². The van der Waals surface area contributed by atoms with Crippen molar-refractivity contribution >= 4 is 5.78 Å². The van der Waals surface area contributed by atoms with Gasteiger partial charge in [0.15, 0.2) is 5.78 Å². The SMILES string of the molecule is CC(C(=O)c1ccoc1)C(C)(C)C. The Labute approximate surface area is 78.9 Å². The summed E-state index contributed by atoms with van der Waals surface area (Å²) in [6.07, 6.45) is 3.03. The topological polar surface area (TPSA) is 30.2 Å². The average Bonchev–Trinajstić information content (AvgIpc) is 2.51. The third-order valence-corrected chi connectivity index (χ3v) is 2.50. The Kier molecular flexibility index (Phi) is 2.60. The van der Waals surface area contributed by atoms with Gasteiger partial charge in [-0.1, -0.05) is 27.7 Å². The summed E-state index contributed by atoms with van der Waals surface area (Å²) in [7, 11) is 0. The van der Waals surface area contributed by atoms with Crippen LogP contribution in [0.1, 0.15) is 38.1 Å². The minimum absolute atomic E-state index is 0.00829. The molecule has 0 spiro atoms. The molecule has 0 aliphatic heterocycles. The summed E-state index contributed by atoms with van der Waals surface area (Å²) in [6.45, 7) is 8.15. The van der Waals surface area contributed by atoms with E-state index in [9.17, 15) is 4.79 Å². The Bertz CT molecular complexity index is 278. The van der Waals surface area contributed by atoms with Crippen molar-refractivity contribution in [3.63, 3.8) is 0 Å². The van der Waals surface area contributed by atoms with Crippen LogP contribution in [-0.2, 0) is 0 Å². The quantitative estimate of drug-likeness (QED) is 0.654. The number of furan rings is 1. The van der Waals surface area contributed by atoms with Gasteiger partial charge < -0.3 is 4.42 Å². The molecule has 0 aliphatic rings. The van der Waals surface area contributed by atoms with Crippen molar-refractivity contribution in [2.24, 2.45) is 11.3 Å². The fourth-order valence-corrected chi connectivity index (χ4v) is 1.05. The molecule has 1 aromatic rings. The van der Waals surface area contributed by atoms with E-state index in [2.05, 4.69) is 20.8 Å². The molecule has 1 aromatic heterocycles. The molecule has 72 valence electrons. The molecular formula is C11H16O2. The van der Waals surface area contributed by atoms with E-state index in [4.69, 9.17) is 4.42 Å². The second-order valence-electron chi connectivity index (χ2n) is 4.46. The average molecular weight is 180 g/mol. The van der Waals surface area contributed by atoms with E-state index in [0.29, 0.717) is 5.56 Å². The second kappa shape index (κ2) is 3.36. The van der Waals surface area contributed by atoms with Gasteiger partial charge in [-0.05, 0) is 11.5 Å². The monoisotopic (exact) mass is 180 g/mol. The highest BCUT2D eigenvalue weighted by molar-refractivity contribution is 5.97. The number of carbonyl (C=O) groups excluding carboxylic acids is 1. The molecule has 0 radical (unpaired) electrons. The van der Waals surface area contributed by atoms with Gasteiger partial charge in [-0.3, -0.25) is 4.79 Å². The predicted molar refractivity (Wildman–Crippen MR) is 51.7 cm³/mol. The van der Waals surface area contributed by atoms with Crippen LogP contribution in [0.25, 0.3) is 0 Å². The first-order valence-electron chi connectivity index (χ1n) is 4.49. The van der Waals surface area contributed by atoms with Gasteiger partial charge in [0.1, 0.15) is 6.26 Å². The van der Waals surface area contributed by atoms with E-state index in [-0.39, 0.29) is 17.1 Å². The molecule has 2 nitrogen and oxygen atoms in total. The number of hydrogen-bond acceptors (Lipinski definition) is 2. The van der Waals surface area contributed by atoms with Gasteiger partial charge in [-0.15, -0.1) is 0 Å². The zero-order valence-corrected chi connectivity index (χ0v) is 8.63. The minimum atomic E-state index is 0.00829. The van der Waals surface area contributed by atoms with Crippen molar-refractivity contribution in [1.82, 2.24) is 0 Å². The van der Waals surface area contributed by atoms with Crippen LogP contribution in [0.4, 0.5) is 0 Å². The van der Waals surface area contributed by atoms with Crippen LogP contribution < -0.4 is 0 Å². The van der Waals surface area contributed by atoms with Crippen LogP contribution in [0.15, 0.2) is 23.0 Å².